The molecule has 0 spiro atoms. The van der Waals surface area contributed by atoms with Gasteiger partial charge in [0.25, 0.3) is 0 Å². The Labute approximate surface area is 209 Å². The molecule has 2 aromatic carbocycles. The topological polar surface area (TPSA) is 87.2 Å². The number of ether oxygens (including phenoxy) is 1. The fourth-order valence-electron chi connectivity index (χ4n) is 4.33. The summed E-state index contributed by atoms with van der Waals surface area (Å²) in [6.45, 7) is 4.71. The van der Waals surface area contributed by atoms with E-state index in [1.54, 1.807) is 25.1 Å². The third kappa shape index (κ3) is 6.80. The number of likely N-dealkylation sites (tertiary alicyclic amines) is 1. The standard InChI is InChI=1S/C26H30ClFN2O5/c1-3-12-29(25(17(2)26(33)34)19-5-7-20(27)8-6-19)16-18-4-9-22(21(28)15-18)35-14-13-30-23(31)10-11-24(30)32/h4-9,15,17,25H,3,10-14,16H2,1-2H3,(H,33,34). The predicted molar refractivity (Wildman–Crippen MR) is 130 cm³/mol. The van der Waals surface area contributed by atoms with Crippen molar-refractivity contribution in [2.75, 3.05) is 19.7 Å². The van der Waals surface area contributed by atoms with E-state index in [2.05, 4.69) is 0 Å². The van der Waals surface area contributed by atoms with Gasteiger partial charge in [-0.25, -0.2) is 4.39 Å². The van der Waals surface area contributed by atoms with Crippen LogP contribution in [0, 0.1) is 11.7 Å². The Morgan fingerprint density at radius 3 is 2.40 bits per heavy atom. The fraction of sp³-hybridized carbons (Fsp3) is 0.423. The minimum absolute atomic E-state index is 0.00444. The van der Waals surface area contributed by atoms with Crippen LogP contribution in [0.2, 0.25) is 5.02 Å². The second kappa shape index (κ2) is 12.1. The number of benzene rings is 2. The number of nitrogens with zero attached hydrogens (tertiary/aromatic N) is 2. The molecule has 1 heterocycles. The first-order valence-corrected chi connectivity index (χ1v) is 12.1. The monoisotopic (exact) mass is 504 g/mol. The van der Waals surface area contributed by atoms with E-state index in [1.165, 1.54) is 12.1 Å². The Kier molecular flexibility index (Phi) is 9.23. The molecular weight excluding hydrogens is 475 g/mol. The minimum atomic E-state index is -0.920. The average molecular weight is 505 g/mol. The third-order valence-corrected chi connectivity index (χ3v) is 6.34. The van der Waals surface area contributed by atoms with Crippen molar-refractivity contribution >= 4 is 29.4 Å². The molecule has 3 rings (SSSR count). The maximum absolute atomic E-state index is 14.8. The van der Waals surface area contributed by atoms with Gasteiger partial charge >= 0.3 is 5.97 Å². The van der Waals surface area contributed by atoms with Crippen molar-refractivity contribution in [2.45, 2.75) is 45.7 Å². The second-order valence-electron chi connectivity index (χ2n) is 8.65. The zero-order chi connectivity index (χ0) is 25.5. The zero-order valence-corrected chi connectivity index (χ0v) is 20.6. The molecule has 1 N–H and O–H groups in total. The Morgan fingerprint density at radius 2 is 1.83 bits per heavy atom. The summed E-state index contributed by atoms with van der Waals surface area (Å²) < 4.78 is 20.3. The molecule has 0 aliphatic carbocycles. The molecule has 2 atom stereocenters. The summed E-state index contributed by atoms with van der Waals surface area (Å²) >= 11 is 6.03. The van der Waals surface area contributed by atoms with Crippen LogP contribution in [-0.2, 0) is 20.9 Å². The molecule has 7 nitrogen and oxygen atoms in total. The van der Waals surface area contributed by atoms with Crippen molar-refractivity contribution in [2.24, 2.45) is 5.92 Å². The van der Waals surface area contributed by atoms with Gasteiger partial charge in [0.1, 0.15) is 6.61 Å². The van der Waals surface area contributed by atoms with Crippen LogP contribution in [0.4, 0.5) is 4.39 Å². The van der Waals surface area contributed by atoms with Gasteiger partial charge in [-0.15, -0.1) is 0 Å². The van der Waals surface area contributed by atoms with E-state index in [1.807, 2.05) is 24.0 Å². The van der Waals surface area contributed by atoms with Crippen molar-refractivity contribution in [3.05, 3.63) is 64.4 Å². The normalized spacial score (nSPS) is 15.5. The molecule has 0 bridgehead atoms. The van der Waals surface area contributed by atoms with Crippen molar-refractivity contribution < 1.29 is 28.6 Å². The van der Waals surface area contributed by atoms with Gasteiger partial charge in [-0.2, -0.15) is 0 Å². The van der Waals surface area contributed by atoms with E-state index >= 15 is 0 Å². The molecule has 1 aliphatic heterocycles. The molecule has 35 heavy (non-hydrogen) atoms. The van der Waals surface area contributed by atoms with E-state index in [0.717, 1.165) is 16.9 Å². The van der Waals surface area contributed by atoms with Gasteiger partial charge in [0.15, 0.2) is 11.6 Å². The number of imide groups is 1. The molecule has 2 unspecified atom stereocenters. The predicted octanol–water partition coefficient (Wildman–Crippen LogP) is 4.68. The molecule has 1 fully saturated rings. The molecular formula is C26H30ClFN2O5. The number of amides is 2. The maximum atomic E-state index is 14.8. The molecule has 0 saturated carbocycles. The van der Waals surface area contributed by atoms with Crippen LogP contribution in [0.5, 0.6) is 5.75 Å². The van der Waals surface area contributed by atoms with Crippen molar-refractivity contribution in [1.29, 1.82) is 0 Å². The number of halogens is 2. The van der Waals surface area contributed by atoms with Gasteiger partial charge in [0.05, 0.1) is 12.5 Å². The summed E-state index contributed by atoms with van der Waals surface area (Å²) in [6.07, 6.45) is 1.19. The second-order valence-corrected chi connectivity index (χ2v) is 9.08. The van der Waals surface area contributed by atoms with Crippen molar-refractivity contribution in [3.8, 4) is 5.75 Å². The van der Waals surface area contributed by atoms with Gasteiger partial charge in [-0.3, -0.25) is 24.2 Å². The summed E-state index contributed by atoms with van der Waals surface area (Å²) in [4.78, 5) is 38.4. The number of carboxylic acid groups (broad SMARTS) is 1. The van der Waals surface area contributed by atoms with E-state index in [9.17, 15) is 23.9 Å². The Hall–Kier alpha value is -2.97. The first-order valence-electron chi connectivity index (χ1n) is 11.7. The zero-order valence-electron chi connectivity index (χ0n) is 19.9. The molecule has 9 heteroatoms. The molecule has 188 valence electrons. The minimum Gasteiger partial charge on any atom is -0.489 e. The fourth-order valence-corrected chi connectivity index (χ4v) is 4.45. The van der Waals surface area contributed by atoms with E-state index < -0.39 is 23.7 Å². The van der Waals surface area contributed by atoms with Gasteiger partial charge in [-0.1, -0.05) is 43.6 Å². The van der Waals surface area contributed by atoms with E-state index in [4.69, 9.17) is 16.3 Å². The summed E-state index contributed by atoms with van der Waals surface area (Å²) in [6, 6.07) is 11.3. The third-order valence-electron chi connectivity index (χ3n) is 6.09. The molecule has 0 aromatic heterocycles. The number of rotatable bonds is 12. The van der Waals surface area contributed by atoms with Crippen LogP contribution in [0.1, 0.15) is 50.3 Å². The number of carboxylic acids is 1. The smallest absolute Gasteiger partial charge is 0.308 e. The lowest BCUT2D eigenvalue weighted by Crippen LogP contribution is -2.36. The molecule has 2 aromatic rings. The quantitative estimate of drug-likeness (QED) is 0.422. The van der Waals surface area contributed by atoms with Crippen LogP contribution < -0.4 is 4.74 Å². The van der Waals surface area contributed by atoms with Gasteiger partial charge in [-0.05, 0) is 48.4 Å². The lowest BCUT2D eigenvalue weighted by Gasteiger charge is -2.34. The Balaban J connectivity index is 1.73. The van der Waals surface area contributed by atoms with E-state index in [-0.39, 0.29) is 43.6 Å². The highest BCUT2D eigenvalue weighted by atomic mass is 35.5. The lowest BCUT2D eigenvalue weighted by molar-refractivity contribution is -0.144. The Morgan fingerprint density at radius 1 is 1.17 bits per heavy atom. The number of aliphatic carboxylic acids is 1. The van der Waals surface area contributed by atoms with Crippen LogP contribution in [0.25, 0.3) is 0 Å². The summed E-state index contributed by atoms with van der Waals surface area (Å²) in [7, 11) is 0. The number of carbonyl (C=O) groups is 3. The SMILES string of the molecule is CCCN(Cc1ccc(OCCN2C(=O)CCC2=O)c(F)c1)C(c1ccc(Cl)cc1)C(C)C(=O)O. The maximum Gasteiger partial charge on any atom is 0.308 e. The first-order chi connectivity index (χ1) is 16.7. The number of carbonyl (C=O) groups excluding carboxylic acids is 2. The van der Waals surface area contributed by atoms with Crippen molar-refractivity contribution in [1.82, 2.24) is 9.80 Å². The van der Waals surface area contributed by atoms with E-state index in [0.29, 0.717) is 23.7 Å². The van der Waals surface area contributed by atoms with Gasteiger partial charge in [0.2, 0.25) is 11.8 Å². The summed E-state index contributed by atoms with van der Waals surface area (Å²) in [5.74, 6) is -2.63. The number of hydrogen-bond donors (Lipinski definition) is 1. The van der Waals surface area contributed by atoms with Crippen LogP contribution in [0.3, 0.4) is 0 Å². The molecule has 2 amide bonds. The van der Waals surface area contributed by atoms with Crippen LogP contribution >= 0.6 is 11.6 Å². The lowest BCUT2D eigenvalue weighted by atomic mass is 9.92. The average Bonchev–Trinajstić information content (AvgIpc) is 3.14. The highest BCUT2D eigenvalue weighted by Gasteiger charge is 2.31. The highest BCUT2D eigenvalue weighted by molar-refractivity contribution is 6.30. The van der Waals surface area contributed by atoms with Crippen molar-refractivity contribution in [3.63, 3.8) is 0 Å². The summed E-state index contributed by atoms with van der Waals surface area (Å²) in [5, 5.41) is 10.3. The number of hydrogen-bond acceptors (Lipinski definition) is 5. The molecule has 0 radical (unpaired) electrons. The summed E-state index contributed by atoms with van der Waals surface area (Å²) in [5.41, 5.74) is 1.49. The molecule has 1 aliphatic rings. The first kappa shape index (κ1) is 26.6. The van der Waals surface area contributed by atoms with Crippen LogP contribution in [-0.4, -0.2) is 52.4 Å². The van der Waals surface area contributed by atoms with Crippen LogP contribution in [0.15, 0.2) is 42.5 Å². The highest BCUT2D eigenvalue weighted by Crippen LogP contribution is 2.32. The molecule has 1 saturated heterocycles. The Bertz CT molecular complexity index is 1050. The van der Waals surface area contributed by atoms with Gasteiger partial charge in [0, 0.05) is 30.5 Å². The van der Waals surface area contributed by atoms with Gasteiger partial charge < -0.3 is 9.84 Å². The largest absolute Gasteiger partial charge is 0.489 e.